The lowest BCUT2D eigenvalue weighted by molar-refractivity contribution is -0.118. The average Bonchev–Trinajstić information content (AvgIpc) is 3.48. The minimum atomic E-state index is -0.264. The number of carbonyl (C=O) groups is 2. The monoisotopic (exact) mass is 457 g/mol. The Morgan fingerprint density at radius 1 is 1.00 bits per heavy atom. The molecule has 0 radical (unpaired) electrons. The van der Waals surface area contributed by atoms with Gasteiger partial charge in [0.1, 0.15) is 5.75 Å². The Balaban J connectivity index is 1.25. The molecular formula is C27H27N3O4. The second-order valence-electron chi connectivity index (χ2n) is 8.64. The molecule has 2 aliphatic rings. The number of anilines is 2. The molecule has 2 saturated heterocycles. The van der Waals surface area contributed by atoms with Gasteiger partial charge in [0, 0.05) is 23.8 Å². The summed E-state index contributed by atoms with van der Waals surface area (Å²) in [6.07, 6.45) is 1.22. The number of morpholine rings is 1. The summed E-state index contributed by atoms with van der Waals surface area (Å²) >= 11 is 0. The van der Waals surface area contributed by atoms with Crippen LogP contribution in [0.1, 0.15) is 16.8 Å². The first kappa shape index (κ1) is 22.1. The summed E-state index contributed by atoms with van der Waals surface area (Å²) in [6.45, 7) is 1.75. The van der Waals surface area contributed by atoms with Gasteiger partial charge in [-0.1, -0.05) is 42.5 Å². The second-order valence-corrected chi connectivity index (χ2v) is 8.64. The number of benzene rings is 3. The molecule has 2 bridgehead atoms. The minimum absolute atomic E-state index is 0.139. The standard InChI is InChI=1S/C27H27N3O4/c1-33-25-12-9-20(13-24(25)29-26(31)16-30-15-23-14-22(30)17-34-23)27(32)28-21-10-7-19(8-11-21)18-5-3-2-4-6-18/h2-13,22-23H,14-17H2,1H3,(H,28,32)(H,29,31)/t22-,23?/m1/s1. The highest BCUT2D eigenvalue weighted by Gasteiger charge is 2.39. The van der Waals surface area contributed by atoms with Crippen LogP contribution in [0.5, 0.6) is 5.75 Å². The molecule has 3 aromatic carbocycles. The summed E-state index contributed by atoms with van der Waals surface area (Å²) in [7, 11) is 1.54. The Labute approximate surface area is 198 Å². The van der Waals surface area contributed by atoms with Crippen LogP contribution in [0.25, 0.3) is 11.1 Å². The van der Waals surface area contributed by atoms with Crippen molar-refractivity contribution in [2.45, 2.75) is 18.6 Å². The molecule has 7 nitrogen and oxygen atoms in total. The molecule has 2 aliphatic heterocycles. The first-order valence-corrected chi connectivity index (χ1v) is 11.4. The molecule has 2 fully saturated rings. The maximum Gasteiger partial charge on any atom is 0.255 e. The Hall–Kier alpha value is -3.68. The van der Waals surface area contributed by atoms with Crippen LogP contribution in [0.15, 0.2) is 72.8 Å². The average molecular weight is 458 g/mol. The molecule has 1 unspecified atom stereocenters. The molecule has 2 amide bonds. The van der Waals surface area contributed by atoms with Crippen molar-refractivity contribution in [3.8, 4) is 16.9 Å². The van der Waals surface area contributed by atoms with E-state index in [1.54, 1.807) is 18.2 Å². The predicted molar refractivity (Wildman–Crippen MR) is 131 cm³/mol. The van der Waals surface area contributed by atoms with Crippen molar-refractivity contribution < 1.29 is 19.1 Å². The number of amides is 2. The number of hydrogen-bond acceptors (Lipinski definition) is 5. The van der Waals surface area contributed by atoms with Crippen LogP contribution in [0.2, 0.25) is 0 Å². The Morgan fingerprint density at radius 2 is 1.76 bits per heavy atom. The van der Waals surface area contributed by atoms with E-state index < -0.39 is 0 Å². The number of rotatable bonds is 7. The van der Waals surface area contributed by atoms with Crippen molar-refractivity contribution in [1.29, 1.82) is 0 Å². The lowest BCUT2D eigenvalue weighted by Crippen LogP contribution is -2.41. The molecule has 34 heavy (non-hydrogen) atoms. The van der Waals surface area contributed by atoms with Crippen LogP contribution in [0.3, 0.4) is 0 Å². The van der Waals surface area contributed by atoms with Crippen LogP contribution < -0.4 is 15.4 Å². The third-order valence-electron chi connectivity index (χ3n) is 6.35. The van der Waals surface area contributed by atoms with Crippen molar-refractivity contribution >= 4 is 23.2 Å². The largest absolute Gasteiger partial charge is 0.495 e. The van der Waals surface area contributed by atoms with E-state index in [0.717, 1.165) is 24.1 Å². The minimum Gasteiger partial charge on any atom is -0.495 e. The van der Waals surface area contributed by atoms with Crippen molar-refractivity contribution in [3.05, 3.63) is 78.4 Å². The summed E-state index contributed by atoms with van der Waals surface area (Å²) in [5.41, 5.74) is 3.78. The van der Waals surface area contributed by atoms with Gasteiger partial charge in [0.05, 0.1) is 32.1 Å². The number of hydrogen-bond donors (Lipinski definition) is 2. The van der Waals surface area contributed by atoms with Gasteiger partial charge >= 0.3 is 0 Å². The molecule has 0 spiro atoms. The summed E-state index contributed by atoms with van der Waals surface area (Å²) in [4.78, 5) is 27.7. The van der Waals surface area contributed by atoms with E-state index in [-0.39, 0.29) is 24.5 Å². The van der Waals surface area contributed by atoms with Gasteiger partial charge in [0.25, 0.3) is 5.91 Å². The summed E-state index contributed by atoms with van der Waals surface area (Å²) in [6, 6.07) is 23.1. The van der Waals surface area contributed by atoms with Gasteiger partial charge in [-0.25, -0.2) is 0 Å². The fraction of sp³-hybridized carbons (Fsp3) is 0.259. The highest BCUT2D eigenvalue weighted by molar-refractivity contribution is 6.06. The fourth-order valence-electron chi connectivity index (χ4n) is 4.57. The number of nitrogens with zero attached hydrogens (tertiary/aromatic N) is 1. The van der Waals surface area contributed by atoms with Crippen molar-refractivity contribution in [2.24, 2.45) is 0 Å². The zero-order chi connectivity index (χ0) is 23.5. The number of methoxy groups -OCH3 is 1. The molecule has 0 aliphatic carbocycles. The molecule has 7 heteroatoms. The topological polar surface area (TPSA) is 79.9 Å². The predicted octanol–water partition coefficient (Wildman–Crippen LogP) is 4.03. The van der Waals surface area contributed by atoms with Gasteiger partial charge in [-0.2, -0.15) is 0 Å². The van der Waals surface area contributed by atoms with E-state index in [1.807, 2.05) is 54.6 Å². The van der Waals surface area contributed by atoms with Gasteiger partial charge in [0.2, 0.25) is 5.91 Å². The molecule has 0 saturated carbocycles. The zero-order valence-electron chi connectivity index (χ0n) is 19.0. The Bertz CT molecular complexity index is 1180. The van der Waals surface area contributed by atoms with Crippen LogP contribution in [-0.4, -0.2) is 55.7 Å². The second kappa shape index (κ2) is 9.67. The first-order valence-electron chi connectivity index (χ1n) is 11.4. The number of ether oxygens (including phenoxy) is 2. The number of likely N-dealkylation sites (tertiary alicyclic amines) is 1. The lowest BCUT2D eigenvalue weighted by atomic mass is 10.1. The number of fused-ring (bicyclic) bond motifs is 2. The smallest absolute Gasteiger partial charge is 0.255 e. The maximum atomic E-state index is 12.9. The first-order chi connectivity index (χ1) is 16.6. The molecule has 2 N–H and O–H groups in total. The van der Waals surface area contributed by atoms with Crippen molar-refractivity contribution in [3.63, 3.8) is 0 Å². The summed E-state index contributed by atoms with van der Waals surface area (Å²) in [5, 5.41) is 5.82. The Kier molecular flexibility index (Phi) is 6.29. The van der Waals surface area contributed by atoms with E-state index in [0.29, 0.717) is 35.3 Å². The molecule has 2 atom stereocenters. The molecule has 174 valence electrons. The number of nitrogens with one attached hydrogen (secondary N) is 2. The molecule has 5 rings (SSSR count). The highest BCUT2D eigenvalue weighted by atomic mass is 16.5. The van der Waals surface area contributed by atoms with E-state index >= 15 is 0 Å². The highest BCUT2D eigenvalue weighted by Crippen LogP contribution is 2.29. The van der Waals surface area contributed by atoms with E-state index in [2.05, 4.69) is 15.5 Å². The SMILES string of the molecule is COc1ccc(C(=O)Nc2ccc(-c3ccccc3)cc2)cc1NC(=O)CN1CC2C[C@@H]1CO2. The molecular weight excluding hydrogens is 430 g/mol. The van der Waals surface area contributed by atoms with Gasteiger partial charge in [0.15, 0.2) is 0 Å². The molecule has 2 heterocycles. The van der Waals surface area contributed by atoms with Crippen LogP contribution in [-0.2, 0) is 9.53 Å². The van der Waals surface area contributed by atoms with Crippen LogP contribution >= 0.6 is 0 Å². The summed E-state index contributed by atoms with van der Waals surface area (Å²) in [5.74, 6) is 0.0999. The van der Waals surface area contributed by atoms with Crippen molar-refractivity contribution in [1.82, 2.24) is 4.90 Å². The van der Waals surface area contributed by atoms with Gasteiger partial charge in [-0.15, -0.1) is 0 Å². The third kappa shape index (κ3) is 4.81. The zero-order valence-corrected chi connectivity index (χ0v) is 19.0. The number of carbonyl (C=O) groups excluding carboxylic acids is 2. The van der Waals surface area contributed by atoms with Crippen molar-refractivity contribution in [2.75, 3.05) is 37.4 Å². The quantitative estimate of drug-likeness (QED) is 0.560. The van der Waals surface area contributed by atoms with Gasteiger partial charge in [-0.3, -0.25) is 14.5 Å². The van der Waals surface area contributed by atoms with E-state index in [4.69, 9.17) is 9.47 Å². The molecule has 3 aromatic rings. The molecule has 0 aromatic heterocycles. The van der Waals surface area contributed by atoms with Crippen LogP contribution in [0, 0.1) is 0 Å². The van der Waals surface area contributed by atoms with E-state index in [9.17, 15) is 9.59 Å². The summed E-state index contributed by atoms with van der Waals surface area (Å²) < 4.78 is 11.0. The lowest BCUT2D eigenvalue weighted by Gasteiger charge is -2.26. The maximum absolute atomic E-state index is 12.9. The normalized spacial score (nSPS) is 19.1. The van der Waals surface area contributed by atoms with Gasteiger partial charge in [-0.05, 0) is 47.9 Å². The van der Waals surface area contributed by atoms with Crippen LogP contribution in [0.4, 0.5) is 11.4 Å². The third-order valence-corrected chi connectivity index (χ3v) is 6.35. The Morgan fingerprint density at radius 3 is 2.44 bits per heavy atom. The fourth-order valence-corrected chi connectivity index (χ4v) is 4.57. The van der Waals surface area contributed by atoms with Gasteiger partial charge < -0.3 is 20.1 Å². The van der Waals surface area contributed by atoms with E-state index in [1.165, 1.54) is 7.11 Å².